The molecule has 2 aliphatic rings. The molecule has 18 heteroatoms. The summed E-state index contributed by atoms with van der Waals surface area (Å²) in [6.45, 7) is 3.85. The van der Waals surface area contributed by atoms with Crippen LogP contribution in [-0.4, -0.2) is 76.9 Å². The Bertz CT molecular complexity index is 2400. The van der Waals surface area contributed by atoms with Gasteiger partial charge in [-0.1, -0.05) is 97.1 Å². The average molecular weight is 969 g/mol. The highest BCUT2D eigenvalue weighted by atomic mass is 19.4. The molecule has 6 rings (SSSR count). The minimum absolute atomic E-state index is 0.0439. The predicted molar refractivity (Wildman–Crippen MR) is 261 cm³/mol. The Morgan fingerprint density at radius 3 is 1.26 bits per heavy atom. The van der Waals surface area contributed by atoms with Crippen molar-refractivity contribution in [2.24, 2.45) is 34.4 Å². The summed E-state index contributed by atoms with van der Waals surface area (Å²) in [5.41, 5.74) is 40.0. The molecule has 13 N–H and O–H groups in total. The highest BCUT2D eigenvalue weighted by Gasteiger charge is 2.46. The van der Waals surface area contributed by atoms with Crippen molar-refractivity contribution in [3.8, 4) is 0 Å². The van der Waals surface area contributed by atoms with Crippen LogP contribution in [-0.2, 0) is 54.4 Å². The van der Waals surface area contributed by atoms with E-state index in [0.717, 1.165) is 11.1 Å². The Morgan fingerprint density at radius 1 is 0.600 bits per heavy atom. The van der Waals surface area contributed by atoms with E-state index in [4.69, 9.17) is 49.0 Å². The van der Waals surface area contributed by atoms with Crippen LogP contribution in [0, 0.1) is 0 Å². The average Bonchev–Trinajstić information content (AvgIpc) is 3.34. The van der Waals surface area contributed by atoms with E-state index in [0.29, 0.717) is 61.3 Å². The van der Waals surface area contributed by atoms with Gasteiger partial charge in [0.1, 0.15) is 22.9 Å². The van der Waals surface area contributed by atoms with E-state index in [9.17, 15) is 22.8 Å². The van der Waals surface area contributed by atoms with Crippen LogP contribution in [0.3, 0.4) is 0 Å². The summed E-state index contributed by atoms with van der Waals surface area (Å²) in [6, 6.07) is 31.6. The first-order valence-electron chi connectivity index (χ1n) is 23.1. The lowest BCUT2D eigenvalue weighted by molar-refractivity contribution is -0.192. The van der Waals surface area contributed by atoms with Crippen LogP contribution in [0.25, 0.3) is 0 Å². The molecule has 0 radical (unpaired) electrons. The fraction of sp³-hybridized carbons (Fsp3) is 0.365. The first kappa shape index (κ1) is 54.4. The van der Waals surface area contributed by atoms with E-state index < -0.39 is 58.7 Å². The summed E-state index contributed by atoms with van der Waals surface area (Å²) in [4.78, 5) is 71.5. The smallest absolute Gasteiger partial charge is 0.475 e. The minimum atomic E-state index is -5.08. The number of Topliss-reactive ketones (excluding diaryl/α,β-unsaturated/α-hetero) is 2. The van der Waals surface area contributed by atoms with Gasteiger partial charge in [-0.3, -0.25) is 29.0 Å². The molecule has 0 aliphatic carbocycles. The van der Waals surface area contributed by atoms with Crippen molar-refractivity contribution in [3.63, 3.8) is 0 Å². The number of nitrogens with two attached hydrogens (primary N) is 6. The standard InChI is InChI=1S/C50H62N8O5.C2HF3O2/c1-49(55,27-13-29-51)47(61)57-39-21-11-9-19-35(39)31-41(43(57)45(59)37(53)25-23-33-15-5-3-6-16-33)63-42-32-36-20-10-12-22-40(36)58(48(62)50(2,56)28-14-30-52)44(42)46(60)38(54)26-24-34-17-7-4-8-18-34;3-2(4,5)1(6)7/h3-12,15-22,37-38H,13-14,23-32,51-56H2,1-2H3;(H,6,7)/t37-,38-,49-,50-;/m0./s1. The molecule has 0 spiro atoms. The second-order valence-corrected chi connectivity index (χ2v) is 18.0. The zero-order chi connectivity index (χ0) is 51.4. The predicted octanol–water partition coefficient (Wildman–Crippen LogP) is 5.21. The zero-order valence-corrected chi connectivity index (χ0v) is 39.4. The monoisotopic (exact) mass is 968 g/mol. The van der Waals surface area contributed by atoms with Crippen molar-refractivity contribution in [1.29, 1.82) is 0 Å². The number of alkyl halides is 3. The number of carbonyl (C=O) groups is 5. The molecule has 70 heavy (non-hydrogen) atoms. The number of benzene rings is 4. The fourth-order valence-electron chi connectivity index (χ4n) is 8.21. The maximum absolute atomic E-state index is 15.1. The van der Waals surface area contributed by atoms with E-state index in [1.165, 1.54) is 9.80 Å². The molecular formula is C52H63F3N8O7. The molecule has 15 nitrogen and oxygen atoms in total. The van der Waals surface area contributed by atoms with E-state index >= 15 is 9.59 Å². The molecule has 2 aliphatic heterocycles. The van der Waals surface area contributed by atoms with Gasteiger partial charge in [0, 0.05) is 12.8 Å². The van der Waals surface area contributed by atoms with Crippen molar-refractivity contribution in [2.45, 2.75) is 107 Å². The molecule has 0 unspecified atom stereocenters. The summed E-state index contributed by atoms with van der Waals surface area (Å²) in [5, 5.41) is 7.12. The minimum Gasteiger partial charge on any atom is -0.475 e. The van der Waals surface area contributed by atoms with E-state index in [2.05, 4.69) is 0 Å². The number of amides is 2. The maximum Gasteiger partial charge on any atom is 0.490 e. The Hall–Kier alpha value is -6.54. The van der Waals surface area contributed by atoms with Crippen LogP contribution in [0.15, 0.2) is 132 Å². The van der Waals surface area contributed by atoms with Crippen LogP contribution < -0.4 is 44.2 Å². The number of ketones is 2. The number of hydrogen-bond acceptors (Lipinski definition) is 12. The van der Waals surface area contributed by atoms with Crippen molar-refractivity contribution in [2.75, 3.05) is 22.9 Å². The number of carboxylic acids is 1. The molecule has 0 fully saturated rings. The lowest BCUT2D eigenvalue weighted by atomic mass is 9.89. The van der Waals surface area contributed by atoms with Crippen molar-refractivity contribution >= 4 is 40.7 Å². The topological polar surface area (TPSA) is 277 Å². The number of halogens is 3. The van der Waals surface area contributed by atoms with Gasteiger partial charge in [-0.15, -0.1) is 0 Å². The van der Waals surface area contributed by atoms with Crippen LogP contribution >= 0.6 is 0 Å². The van der Waals surface area contributed by atoms with Crippen LogP contribution in [0.4, 0.5) is 24.5 Å². The van der Waals surface area contributed by atoms with Gasteiger partial charge in [-0.2, -0.15) is 13.2 Å². The van der Waals surface area contributed by atoms with E-state index in [1.807, 2.05) is 84.9 Å². The molecule has 0 aromatic heterocycles. The van der Waals surface area contributed by atoms with Crippen LogP contribution in [0.5, 0.6) is 0 Å². The van der Waals surface area contributed by atoms with Crippen LogP contribution in [0.1, 0.15) is 74.6 Å². The quantitative estimate of drug-likeness (QED) is 0.0600. The molecule has 374 valence electrons. The highest BCUT2D eigenvalue weighted by Crippen LogP contribution is 2.42. The van der Waals surface area contributed by atoms with Gasteiger partial charge in [0.25, 0.3) is 11.8 Å². The van der Waals surface area contributed by atoms with Gasteiger partial charge in [0.05, 0.1) is 34.5 Å². The Kier molecular flexibility index (Phi) is 18.5. The molecule has 0 bridgehead atoms. The summed E-state index contributed by atoms with van der Waals surface area (Å²) in [7, 11) is 0. The lowest BCUT2D eigenvalue weighted by Crippen LogP contribution is -2.56. The third kappa shape index (κ3) is 13.4. The third-order valence-electron chi connectivity index (χ3n) is 12.1. The molecule has 4 aromatic carbocycles. The Morgan fingerprint density at radius 2 is 0.929 bits per heavy atom. The zero-order valence-electron chi connectivity index (χ0n) is 39.4. The normalized spacial score (nSPS) is 16.1. The molecule has 4 atom stereocenters. The summed E-state index contributed by atoms with van der Waals surface area (Å²) >= 11 is 0. The number of carbonyl (C=O) groups excluding carboxylic acids is 4. The summed E-state index contributed by atoms with van der Waals surface area (Å²) in [5.74, 6) is -4.83. The number of allylic oxidation sites excluding steroid dienone is 2. The number of nitrogens with zero attached hydrogens (tertiary/aromatic N) is 2. The molecule has 2 heterocycles. The maximum atomic E-state index is 15.1. The number of rotatable bonds is 20. The van der Waals surface area contributed by atoms with Gasteiger partial charge >= 0.3 is 12.1 Å². The Labute approximate surface area is 405 Å². The number of anilines is 2. The van der Waals surface area contributed by atoms with Crippen molar-refractivity contribution in [3.05, 3.63) is 154 Å². The summed E-state index contributed by atoms with van der Waals surface area (Å²) < 4.78 is 38.7. The van der Waals surface area contributed by atoms with Gasteiger partial charge in [-0.05, 0) is 113 Å². The second kappa shape index (κ2) is 23.9. The molecule has 0 saturated carbocycles. The highest BCUT2D eigenvalue weighted by molar-refractivity contribution is 6.16. The number of hydrogen-bond donors (Lipinski definition) is 7. The van der Waals surface area contributed by atoms with Crippen LogP contribution in [0.2, 0.25) is 0 Å². The van der Waals surface area contributed by atoms with E-state index in [-0.39, 0.29) is 61.4 Å². The number of ether oxygens (including phenoxy) is 1. The fourth-order valence-corrected chi connectivity index (χ4v) is 8.21. The number of fused-ring (bicyclic) bond motifs is 2. The van der Waals surface area contributed by atoms with E-state index in [1.54, 1.807) is 38.1 Å². The molecule has 4 aromatic rings. The number of aryl methyl sites for hydroxylation is 2. The SMILES string of the molecule is C[C@](N)(CCCN)C(=O)N1C(C(=O)[C@@H](N)CCc2ccccc2)=C(OC2=C(C(=O)[C@@H](N)CCc3ccccc3)N(C(=O)[C@@](C)(N)CCCN)c3ccccc3C2)Cc2ccccc21.O=C(O)C(F)(F)F. The second-order valence-electron chi connectivity index (χ2n) is 18.0. The largest absolute Gasteiger partial charge is 0.490 e. The Balaban J connectivity index is 0.00000121. The first-order chi connectivity index (χ1) is 33.1. The number of aliphatic carboxylic acids is 1. The lowest BCUT2D eigenvalue weighted by Gasteiger charge is -2.40. The van der Waals surface area contributed by atoms with Crippen molar-refractivity contribution in [1.82, 2.24) is 0 Å². The number of carboxylic acid groups (broad SMARTS) is 1. The van der Waals surface area contributed by atoms with Gasteiger partial charge < -0.3 is 44.2 Å². The van der Waals surface area contributed by atoms with Gasteiger partial charge in [0.2, 0.25) is 0 Å². The number of para-hydroxylation sites is 2. The van der Waals surface area contributed by atoms with Gasteiger partial charge in [0.15, 0.2) is 11.6 Å². The molecule has 0 saturated heterocycles. The summed E-state index contributed by atoms with van der Waals surface area (Å²) in [6.07, 6.45) is -2.11. The van der Waals surface area contributed by atoms with Gasteiger partial charge in [-0.25, -0.2) is 4.79 Å². The van der Waals surface area contributed by atoms with Crippen molar-refractivity contribution < 1.29 is 47.0 Å². The molecule has 2 amide bonds. The first-order valence-corrected chi connectivity index (χ1v) is 23.1. The third-order valence-corrected chi connectivity index (χ3v) is 12.1. The molecular weight excluding hydrogens is 906 g/mol.